The van der Waals surface area contributed by atoms with Crippen LogP contribution in [0.25, 0.3) is 0 Å². The number of carbonyl (C=O) groups is 2. The first-order valence-corrected chi connectivity index (χ1v) is 6.95. The fourth-order valence-corrected chi connectivity index (χ4v) is 2.61. The van der Waals surface area contributed by atoms with Crippen LogP contribution >= 0.6 is 0 Å². The summed E-state index contributed by atoms with van der Waals surface area (Å²) < 4.78 is 0. The Labute approximate surface area is 119 Å². The average Bonchev–Trinajstić information content (AvgIpc) is 2.37. The Morgan fingerprint density at radius 2 is 2.15 bits per heavy atom. The highest BCUT2D eigenvalue weighted by Gasteiger charge is 2.23. The minimum Gasteiger partial charge on any atom is -0.368 e. The van der Waals surface area contributed by atoms with Crippen molar-refractivity contribution in [2.24, 2.45) is 5.73 Å². The van der Waals surface area contributed by atoms with E-state index >= 15 is 0 Å². The van der Waals surface area contributed by atoms with E-state index in [1.807, 2.05) is 36.9 Å². The van der Waals surface area contributed by atoms with E-state index in [0.29, 0.717) is 5.56 Å². The number of rotatable bonds is 4. The zero-order valence-corrected chi connectivity index (χ0v) is 12.0. The fraction of sp³-hybridized carbons (Fsp3) is 0.467. The van der Waals surface area contributed by atoms with Gasteiger partial charge in [-0.25, -0.2) is 0 Å². The third kappa shape index (κ3) is 3.10. The smallest absolute Gasteiger partial charge is 0.251 e. The molecule has 0 radical (unpaired) electrons. The molecule has 0 saturated heterocycles. The quantitative estimate of drug-likeness (QED) is 0.863. The molecular formula is C15H21N3O2. The molecule has 0 aliphatic carbocycles. The number of amides is 2. The first kappa shape index (κ1) is 14.4. The standard InChI is InChI=1S/C15H21N3O2/c1-10(2)17-15(20)12-5-3-7-13-11(12)6-4-8-18(13)9-14(16)19/h3,5,7,10H,4,6,8-9H2,1-2H3,(H2,16,19)(H,17,20). The SMILES string of the molecule is CC(C)NC(=O)c1cccc2c1CCCN2CC(N)=O. The molecule has 5 heteroatoms. The zero-order valence-electron chi connectivity index (χ0n) is 12.0. The summed E-state index contributed by atoms with van der Waals surface area (Å²) in [6.45, 7) is 4.87. The Hall–Kier alpha value is -2.04. The molecule has 20 heavy (non-hydrogen) atoms. The van der Waals surface area contributed by atoms with Crippen molar-refractivity contribution in [1.82, 2.24) is 5.32 Å². The number of hydrogen-bond donors (Lipinski definition) is 2. The summed E-state index contributed by atoms with van der Waals surface area (Å²) in [4.78, 5) is 25.3. The number of nitrogens with zero attached hydrogens (tertiary/aromatic N) is 1. The minimum absolute atomic E-state index is 0.0576. The maximum absolute atomic E-state index is 12.2. The maximum Gasteiger partial charge on any atom is 0.251 e. The van der Waals surface area contributed by atoms with Crippen molar-refractivity contribution in [2.45, 2.75) is 32.7 Å². The van der Waals surface area contributed by atoms with Gasteiger partial charge in [-0.05, 0) is 44.4 Å². The van der Waals surface area contributed by atoms with E-state index in [1.165, 1.54) is 0 Å². The van der Waals surface area contributed by atoms with Crippen LogP contribution in [0.15, 0.2) is 18.2 Å². The second-order valence-corrected chi connectivity index (χ2v) is 5.42. The van der Waals surface area contributed by atoms with Gasteiger partial charge in [0.2, 0.25) is 5.91 Å². The summed E-state index contributed by atoms with van der Waals surface area (Å²) in [6.07, 6.45) is 1.78. The van der Waals surface area contributed by atoms with Crippen molar-refractivity contribution in [1.29, 1.82) is 0 Å². The third-order valence-corrected chi connectivity index (χ3v) is 3.36. The molecule has 108 valence electrons. The van der Waals surface area contributed by atoms with E-state index < -0.39 is 0 Å². The number of fused-ring (bicyclic) bond motifs is 1. The Bertz CT molecular complexity index is 526. The third-order valence-electron chi connectivity index (χ3n) is 3.36. The number of carbonyl (C=O) groups excluding carboxylic acids is 2. The van der Waals surface area contributed by atoms with E-state index in [4.69, 9.17) is 5.73 Å². The molecule has 2 amide bonds. The molecule has 1 aliphatic heterocycles. The van der Waals surface area contributed by atoms with Crippen molar-refractivity contribution in [3.8, 4) is 0 Å². The predicted molar refractivity (Wildman–Crippen MR) is 78.8 cm³/mol. The van der Waals surface area contributed by atoms with E-state index in [2.05, 4.69) is 5.32 Å². The van der Waals surface area contributed by atoms with E-state index in [-0.39, 0.29) is 24.4 Å². The monoisotopic (exact) mass is 275 g/mol. The molecule has 0 atom stereocenters. The Morgan fingerprint density at radius 1 is 1.40 bits per heavy atom. The fourth-order valence-electron chi connectivity index (χ4n) is 2.61. The van der Waals surface area contributed by atoms with Crippen LogP contribution in [-0.4, -0.2) is 30.9 Å². The van der Waals surface area contributed by atoms with Crippen LogP contribution < -0.4 is 16.0 Å². The normalized spacial score (nSPS) is 14.1. The maximum atomic E-state index is 12.2. The lowest BCUT2D eigenvalue weighted by molar-refractivity contribution is -0.116. The molecule has 0 aromatic heterocycles. The van der Waals surface area contributed by atoms with Gasteiger partial charge in [0, 0.05) is 23.8 Å². The summed E-state index contributed by atoms with van der Waals surface area (Å²) in [7, 11) is 0. The molecule has 1 heterocycles. The summed E-state index contributed by atoms with van der Waals surface area (Å²) >= 11 is 0. The molecule has 0 bridgehead atoms. The van der Waals surface area contributed by atoms with Crippen molar-refractivity contribution >= 4 is 17.5 Å². The van der Waals surface area contributed by atoms with Gasteiger partial charge >= 0.3 is 0 Å². The highest BCUT2D eigenvalue weighted by Crippen LogP contribution is 2.29. The number of hydrogen-bond acceptors (Lipinski definition) is 3. The van der Waals surface area contributed by atoms with Crippen LogP contribution in [0.5, 0.6) is 0 Å². The topological polar surface area (TPSA) is 75.4 Å². The molecule has 0 fully saturated rings. The molecule has 0 spiro atoms. The Kier molecular flexibility index (Phi) is 4.27. The van der Waals surface area contributed by atoms with Crippen LogP contribution in [0.2, 0.25) is 0 Å². The largest absolute Gasteiger partial charge is 0.368 e. The van der Waals surface area contributed by atoms with Gasteiger partial charge in [0.25, 0.3) is 5.91 Å². The number of primary amides is 1. The Balaban J connectivity index is 2.33. The molecule has 2 rings (SSSR count). The van der Waals surface area contributed by atoms with Crippen LogP contribution in [-0.2, 0) is 11.2 Å². The lowest BCUT2D eigenvalue weighted by Crippen LogP contribution is -2.38. The zero-order chi connectivity index (χ0) is 14.7. The number of anilines is 1. The van der Waals surface area contributed by atoms with Gasteiger partial charge in [-0.2, -0.15) is 0 Å². The van der Waals surface area contributed by atoms with E-state index in [1.54, 1.807) is 0 Å². The average molecular weight is 275 g/mol. The summed E-state index contributed by atoms with van der Waals surface area (Å²) in [5.41, 5.74) is 7.95. The Morgan fingerprint density at radius 3 is 2.80 bits per heavy atom. The molecule has 1 aliphatic rings. The summed E-state index contributed by atoms with van der Waals surface area (Å²) in [5, 5.41) is 2.92. The number of benzene rings is 1. The van der Waals surface area contributed by atoms with Gasteiger partial charge in [0.15, 0.2) is 0 Å². The molecule has 5 nitrogen and oxygen atoms in total. The lowest BCUT2D eigenvalue weighted by atomic mass is 9.95. The van der Waals surface area contributed by atoms with Gasteiger partial charge in [0.1, 0.15) is 0 Å². The van der Waals surface area contributed by atoms with Gasteiger partial charge in [0.05, 0.1) is 6.54 Å². The van der Waals surface area contributed by atoms with Gasteiger partial charge < -0.3 is 16.0 Å². The first-order valence-electron chi connectivity index (χ1n) is 6.95. The van der Waals surface area contributed by atoms with Crippen LogP contribution in [0.4, 0.5) is 5.69 Å². The van der Waals surface area contributed by atoms with Gasteiger partial charge in [-0.3, -0.25) is 9.59 Å². The molecule has 0 saturated carbocycles. The van der Waals surface area contributed by atoms with Crippen LogP contribution in [0.1, 0.15) is 36.2 Å². The first-order chi connectivity index (χ1) is 9.49. The highest BCUT2D eigenvalue weighted by atomic mass is 16.2. The predicted octanol–water partition coefficient (Wildman–Crippen LogP) is 1.06. The van der Waals surface area contributed by atoms with Crippen molar-refractivity contribution in [3.63, 3.8) is 0 Å². The molecule has 3 N–H and O–H groups in total. The molecule has 0 unspecified atom stereocenters. The van der Waals surface area contributed by atoms with E-state index in [9.17, 15) is 9.59 Å². The second-order valence-electron chi connectivity index (χ2n) is 5.42. The summed E-state index contributed by atoms with van der Waals surface area (Å²) in [5.74, 6) is -0.410. The number of nitrogens with two attached hydrogens (primary N) is 1. The summed E-state index contributed by atoms with van der Waals surface area (Å²) in [6, 6.07) is 5.74. The second kappa shape index (κ2) is 5.94. The number of nitrogens with one attached hydrogen (secondary N) is 1. The van der Waals surface area contributed by atoms with Crippen molar-refractivity contribution in [3.05, 3.63) is 29.3 Å². The molecule has 1 aromatic rings. The van der Waals surface area contributed by atoms with Gasteiger partial charge in [-0.1, -0.05) is 6.07 Å². The van der Waals surface area contributed by atoms with Crippen molar-refractivity contribution in [2.75, 3.05) is 18.0 Å². The van der Waals surface area contributed by atoms with Crippen molar-refractivity contribution < 1.29 is 9.59 Å². The van der Waals surface area contributed by atoms with Crippen LogP contribution in [0.3, 0.4) is 0 Å². The highest BCUT2D eigenvalue weighted by molar-refractivity contribution is 5.97. The van der Waals surface area contributed by atoms with E-state index in [0.717, 1.165) is 30.6 Å². The van der Waals surface area contributed by atoms with Gasteiger partial charge in [-0.15, -0.1) is 0 Å². The van der Waals surface area contributed by atoms with Crippen LogP contribution in [0, 0.1) is 0 Å². The molecule has 1 aromatic carbocycles. The lowest BCUT2D eigenvalue weighted by Gasteiger charge is -2.31. The molecular weight excluding hydrogens is 254 g/mol. The minimum atomic E-state index is -0.352.